The number of anilines is 1. The van der Waals surface area contributed by atoms with Crippen LogP contribution in [0.15, 0.2) is 23.1 Å². The lowest BCUT2D eigenvalue weighted by atomic mass is 10.3. The topological polar surface area (TPSA) is 72.2 Å². The predicted octanol–water partition coefficient (Wildman–Crippen LogP) is 1.10. The first kappa shape index (κ1) is 13.5. The Morgan fingerprint density at radius 3 is 2.76 bits per heavy atom. The van der Waals surface area contributed by atoms with Gasteiger partial charge in [0.2, 0.25) is 10.0 Å². The molecular formula is C11H13FN2O2S. The molecule has 3 N–H and O–H groups in total. The molecule has 0 aliphatic heterocycles. The molecule has 1 aromatic carbocycles. The third-order valence-electron chi connectivity index (χ3n) is 2.05. The van der Waals surface area contributed by atoms with Crippen LogP contribution < -0.4 is 10.5 Å². The summed E-state index contributed by atoms with van der Waals surface area (Å²) in [6, 6.07) is 3.22. The van der Waals surface area contributed by atoms with Crippen LogP contribution in [-0.2, 0) is 10.0 Å². The van der Waals surface area contributed by atoms with Crippen LogP contribution >= 0.6 is 0 Å². The summed E-state index contributed by atoms with van der Waals surface area (Å²) in [6.07, 6.45) is 5.28. The van der Waals surface area contributed by atoms with Gasteiger partial charge in [0.1, 0.15) is 10.7 Å². The van der Waals surface area contributed by atoms with Crippen molar-refractivity contribution in [2.75, 3.05) is 5.73 Å². The molecule has 0 saturated carbocycles. The molecule has 0 aliphatic rings. The third kappa shape index (κ3) is 3.19. The van der Waals surface area contributed by atoms with E-state index in [9.17, 15) is 12.8 Å². The molecule has 0 aromatic heterocycles. The van der Waals surface area contributed by atoms with Crippen molar-refractivity contribution in [3.8, 4) is 12.3 Å². The zero-order valence-corrected chi connectivity index (χ0v) is 10.1. The first-order valence-electron chi connectivity index (χ1n) is 4.88. The molecule has 1 atom stereocenters. The number of nitrogen functional groups attached to an aromatic ring is 1. The fourth-order valence-electron chi connectivity index (χ4n) is 1.35. The predicted molar refractivity (Wildman–Crippen MR) is 64.0 cm³/mol. The third-order valence-corrected chi connectivity index (χ3v) is 3.73. The van der Waals surface area contributed by atoms with Crippen LogP contribution in [0.4, 0.5) is 10.1 Å². The Morgan fingerprint density at radius 2 is 2.24 bits per heavy atom. The highest BCUT2D eigenvalue weighted by Gasteiger charge is 2.23. The molecule has 0 amide bonds. The number of nitrogens with one attached hydrogen (secondary N) is 1. The smallest absolute Gasteiger partial charge is 0.245 e. The summed E-state index contributed by atoms with van der Waals surface area (Å²) in [6.45, 7) is 1.59. The Balaban J connectivity index is 3.11. The van der Waals surface area contributed by atoms with E-state index in [1.165, 1.54) is 12.1 Å². The standard InChI is InChI=1S/C11H13FN2O2S/c1-3-5-8(2)14-17(15,16)11-9(12)6-4-7-10(11)13/h1,4,6-8,14H,5,13H2,2H3. The van der Waals surface area contributed by atoms with Crippen LogP contribution in [0.3, 0.4) is 0 Å². The van der Waals surface area contributed by atoms with Gasteiger partial charge in [-0.3, -0.25) is 0 Å². The molecule has 0 aliphatic carbocycles. The van der Waals surface area contributed by atoms with Crippen LogP contribution in [0.25, 0.3) is 0 Å². The molecule has 0 bridgehead atoms. The number of hydrogen-bond acceptors (Lipinski definition) is 3. The van der Waals surface area contributed by atoms with Crippen molar-refractivity contribution in [3.63, 3.8) is 0 Å². The first-order valence-corrected chi connectivity index (χ1v) is 6.36. The number of terminal acetylenes is 1. The summed E-state index contributed by atoms with van der Waals surface area (Å²) in [5.74, 6) is 1.43. The van der Waals surface area contributed by atoms with E-state index in [1.807, 2.05) is 0 Å². The Labute approximate surface area is 100 Å². The number of rotatable bonds is 4. The van der Waals surface area contributed by atoms with Crippen LogP contribution in [-0.4, -0.2) is 14.5 Å². The van der Waals surface area contributed by atoms with Gasteiger partial charge in [0.15, 0.2) is 0 Å². The van der Waals surface area contributed by atoms with Gasteiger partial charge in [0.25, 0.3) is 0 Å². The maximum Gasteiger partial charge on any atom is 0.245 e. The average Bonchev–Trinajstić information content (AvgIpc) is 2.15. The van der Waals surface area contributed by atoms with E-state index in [4.69, 9.17) is 12.2 Å². The second kappa shape index (κ2) is 5.17. The number of benzene rings is 1. The van der Waals surface area contributed by atoms with Crippen LogP contribution in [0, 0.1) is 18.2 Å². The van der Waals surface area contributed by atoms with Crippen molar-refractivity contribution in [1.82, 2.24) is 4.72 Å². The first-order chi connectivity index (χ1) is 7.88. The van der Waals surface area contributed by atoms with Crippen molar-refractivity contribution in [1.29, 1.82) is 0 Å². The van der Waals surface area contributed by atoms with Gasteiger partial charge in [-0.15, -0.1) is 12.3 Å². The van der Waals surface area contributed by atoms with Gasteiger partial charge in [-0.05, 0) is 19.1 Å². The molecular weight excluding hydrogens is 243 g/mol. The Kier molecular flexibility index (Phi) is 4.10. The largest absolute Gasteiger partial charge is 0.398 e. The monoisotopic (exact) mass is 256 g/mol. The lowest BCUT2D eigenvalue weighted by Crippen LogP contribution is -2.33. The van der Waals surface area contributed by atoms with Gasteiger partial charge in [-0.25, -0.2) is 17.5 Å². The average molecular weight is 256 g/mol. The van der Waals surface area contributed by atoms with Crippen LogP contribution in [0.2, 0.25) is 0 Å². The molecule has 4 nitrogen and oxygen atoms in total. The molecule has 0 heterocycles. The number of halogens is 1. The summed E-state index contributed by atoms with van der Waals surface area (Å²) in [5.41, 5.74) is 5.32. The minimum atomic E-state index is -3.99. The normalized spacial score (nSPS) is 13.0. The molecule has 0 spiro atoms. The molecule has 6 heteroatoms. The van der Waals surface area contributed by atoms with Crippen molar-refractivity contribution >= 4 is 15.7 Å². The highest BCUT2D eigenvalue weighted by Crippen LogP contribution is 2.21. The number of sulfonamides is 1. The number of nitrogens with two attached hydrogens (primary N) is 1. The molecule has 0 radical (unpaired) electrons. The quantitative estimate of drug-likeness (QED) is 0.626. The van der Waals surface area contributed by atoms with Crippen molar-refractivity contribution < 1.29 is 12.8 Å². The van der Waals surface area contributed by atoms with Gasteiger partial charge in [0.05, 0.1) is 5.69 Å². The summed E-state index contributed by atoms with van der Waals surface area (Å²) >= 11 is 0. The lowest BCUT2D eigenvalue weighted by molar-refractivity contribution is 0.546. The van der Waals surface area contributed by atoms with Crippen molar-refractivity contribution in [3.05, 3.63) is 24.0 Å². The summed E-state index contributed by atoms with van der Waals surface area (Å²) < 4.78 is 39.4. The van der Waals surface area contributed by atoms with E-state index < -0.39 is 26.8 Å². The molecule has 1 unspecified atom stereocenters. The zero-order valence-electron chi connectivity index (χ0n) is 9.27. The van der Waals surface area contributed by atoms with Gasteiger partial charge in [0, 0.05) is 12.5 Å². The maximum atomic E-state index is 13.4. The van der Waals surface area contributed by atoms with E-state index in [0.717, 1.165) is 6.07 Å². The molecule has 92 valence electrons. The second-order valence-electron chi connectivity index (χ2n) is 3.59. The molecule has 0 saturated heterocycles. The minimum Gasteiger partial charge on any atom is -0.398 e. The molecule has 17 heavy (non-hydrogen) atoms. The Morgan fingerprint density at radius 1 is 1.59 bits per heavy atom. The fraction of sp³-hybridized carbons (Fsp3) is 0.273. The Bertz CT molecular complexity index is 529. The van der Waals surface area contributed by atoms with E-state index in [0.29, 0.717) is 0 Å². The van der Waals surface area contributed by atoms with E-state index >= 15 is 0 Å². The van der Waals surface area contributed by atoms with Gasteiger partial charge < -0.3 is 5.73 Å². The van der Waals surface area contributed by atoms with Crippen molar-refractivity contribution in [2.45, 2.75) is 24.3 Å². The van der Waals surface area contributed by atoms with Gasteiger partial charge in [-0.1, -0.05) is 6.07 Å². The zero-order chi connectivity index (χ0) is 13.1. The summed E-state index contributed by atoms with van der Waals surface area (Å²) in [7, 11) is -3.99. The molecule has 1 rings (SSSR count). The van der Waals surface area contributed by atoms with Gasteiger partial charge in [-0.2, -0.15) is 0 Å². The summed E-state index contributed by atoms with van der Waals surface area (Å²) in [4.78, 5) is -0.538. The van der Waals surface area contributed by atoms with Crippen LogP contribution in [0.5, 0.6) is 0 Å². The fourth-order valence-corrected chi connectivity index (χ4v) is 2.79. The lowest BCUT2D eigenvalue weighted by Gasteiger charge is -2.13. The van der Waals surface area contributed by atoms with Crippen LogP contribution in [0.1, 0.15) is 13.3 Å². The highest BCUT2D eigenvalue weighted by atomic mass is 32.2. The van der Waals surface area contributed by atoms with E-state index in [2.05, 4.69) is 10.6 Å². The van der Waals surface area contributed by atoms with Gasteiger partial charge >= 0.3 is 0 Å². The van der Waals surface area contributed by atoms with Crippen molar-refractivity contribution in [2.24, 2.45) is 0 Å². The minimum absolute atomic E-state index is 0.134. The molecule has 0 fully saturated rings. The Hall–Kier alpha value is -1.58. The van der Waals surface area contributed by atoms with E-state index in [-0.39, 0.29) is 12.1 Å². The highest BCUT2D eigenvalue weighted by molar-refractivity contribution is 7.89. The molecule has 1 aromatic rings. The number of hydrogen-bond donors (Lipinski definition) is 2. The SMILES string of the molecule is C#CCC(C)NS(=O)(=O)c1c(N)cccc1F. The summed E-state index contributed by atoms with van der Waals surface area (Å²) in [5, 5.41) is 0. The second-order valence-corrected chi connectivity index (χ2v) is 5.24. The van der Waals surface area contributed by atoms with E-state index in [1.54, 1.807) is 6.92 Å². The maximum absolute atomic E-state index is 13.4.